The summed E-state index contributed by atoms with van der Waals surface area (Å²) in [5.41, 5.74) is 0.881. The summed E-state index contributed by atoms with van der Waals surface area (Å²) in [6.07, 6.45) is 2.86. The van der Waals surface area contributed by atoms with Crippen molar-refractivity contribution in [2.45, 2.75) is 50.2 Å². The molecule has 5 atom stereocenters. The Hall–Kier alpha value is -3.07. The van der Waals surface area contributed by atoms with Crippen molar-refractivity contribution < 1.29 is 28.6 Å². The molecular weight excluding hydrogens is 402 g/mol. The molecule has 0 unspecified atom stereocenters. The summed E-state index contributed by atoms with van der Waals surface area (Å²) in [5.74, 6) is -1.32. The van der Waals surface area contributed by atoms with E-state index in [1.807, 2.05) is 7.05 Å². The number of fused-ring (bicyclic) bond motifs is 2. The number of likely N-dealkylation sites (N-methyl/N-ethyl adjacent to an activating group) is 1. The summed E-state index contributed by atoms with van der Waals surface area (Å²) in [6.45, 7) is 1.34. The minimum absolute atomic E-state index is 0.222. The Balaban J connectivity index is 1.53. The van der Waals surface area contributed by atoms with Crippen LogP contribution >= 0.6 is 0 Å². The molecule has 9 nitrogen and oxygen atoms in total. The van der Waals surface area contributed by atoms with Gasteiger partial charge in [-0.15, -0.1) is 0 Å². The molecular formula is C22H27N3O6. The summed E-state index contributed by atoms with van der Waals surface area (Å²) in [4.78, 5) is 39.2. The van der Waals surface area contributed by atoms with Gasteiger partial charge in [0.15, 0.2) is 12.2 Å². The summed E-state index contributed by atoms with van der Waals surface area (Å²) in [7, 11) is 5.46. The number of hydrogen-bond acceptors (Lipinski definition) is 7. The molecule has 0 N–H and O–H groups in total. The standard InChI is InChI=1S/C22H27N3O6/c1-13(26)29-19-17-11-14(30-21(27)15-7-5-9-23(15)2)12-18(25(17)4)20(19)31-22(28)16-8-6-10-24(16)3/h5-10,14,17-20H,11-12H2,1-4H3/t14-,17+,18-,19-,20+/m1/s1. The van der Waals surface area contributed by atoms with Crippen LogP contribution in [-0.2, 0) is 33.1 Å². The first-order chi connectivity index (χ1) is 14.8. The zero-order valence-corrected chi connectivity index (χ0v) is 18.1. The number of aryl methyl sites for hydroxylation is 2. The van der Waals surface area contributed by atoms with E-state index in [-0.39, 0.29) is 18.2 Å². The lowest BCUT2D eigenvalue weighted by Crippen LogP contribution is -2.46. The van der Waals surface area contributed by atoms with Gasteiger partial charge in [0.05, 0.1) is 12.1 Å². The summed E-state index contributed by atoms with van der Waals surface area (Å²) >= 11 is 0. The number of carbonyl (C=O) groups is 3. The molecule has 2 aromatic rings. The third kappa shape index (κ3) is 3.97. The van der Waals surface area contributed by atoms with Crippen molar-refractivity contribution >= 4 is 17.9 Å². The quantitative estimate of drug-likeness (QED) is 0.526. The highest BCUT2D eigenvalue weighted by molar-refractivity contribution is 5.88. The first kappa shape index (κ1) is 21.2. The maximum absolute atomic E-state index is 12.8. The Kier molecular flexibility index (Phi) is 5.62. The highest BCUT2D eigenvalue weighted by Gasteiger charge is 2.56. The lowest BCUT2D eigenvalue weighted by Gasteiger charge is -2.36. The van der Waals surface area contributed by atoms with Crippen LogP contribution in [-0.4, -0.2) is 69.4 Å². The summed E-state index contributed by atoms with van der Waals surface area (Å²) < 4.78 is 20.6. The second-order valence-electron chi connectivity index (χ2n) is 8.25. The van der Waals surface area contributed by atoms with Crippen LogP contribution in [0.4, 0.5) is 0 Å². The van der Waals surface area contributed by atoms with Crippen LogP contribution in [0, 0.1) is 0 Å². The number of ether oxygens (including phenoxy) is 3. The molecule has 166 valence electrons. The van der Waals surface area contributed by atoms with Crippen molar-refractivity contribution in [3.63, 3.8) is 0 Å². The Morgan fingerprint density at radius 3 is 1.74 bits per heavy atom. The fourth-order valence-corrected chi connectivity index (χ4v) is 4.70. The number of nitrogens with zero attached hydrogens (tertiary/aromatic N) is 3. The minimum Gasteiger partial charge on any atom is -0.458 e. The lowest BCUT2D eigenvalue weighted by atomic mass is 10.00. The summed E-state index contributed by atoms with van der Waals surface area (Å²) in [5, 5.41) is 0. The Morgan fingerprint density at radius 1 is 0.806 bits per heavy atom. The fourth-order valence-electron chi connectivity index (χ4n) is 4.70. The van der Waals surface area contributed by atoms with Gasteiger partial charge in [0.25, 0.3) is 0 Å². The van der Waals surface area contributed by atoms with E-state index in [0.29, 0.717) is 24.2 Å². The molecule has 2 aliphatic rings. The molecule has 0 aliphatic carbocycles. The summed E-state index contributed by atoms with van der Waals surface area (Å²) in [6, 6.07) is 6.47. The van der Waals surface area contributed by atoms with Crippen LogP contribution in [0.2, 0.25) is 0 Å². The first-order valence-corrected chi connectivity index (χ1v) is 10.3. The van der Waals surface area contributed by atoms with Crippen LogP contribution in [0.15, 0.2) is 36.7 Å². The van der Waals surface area contributed by atoms with Crippen molar-refractivity contribution in [1.82, 2.24) is 14.0 Å². The predicted octanol–water partition coefficient (Wildman–Crippen LogP) is 1.52. The largest absolute Gasteiger partial charge is 0.458 e. The molecule has 4 rings (SSSR count). The first-order valence-electron chi connectivity index (χ1n) is 10.3. The average Bonchev–Trinajstić information content (AvgIpc) is 3.36. The van der Waals surface area contributed by atoms with E-state index in [0.717, 1.165) is 0 Å². The second kappa shape index (κ2) is 8.22. The van der Waals surface area contributed by atoms with E-state index >= 15 is 0 Å². The van der Waals surface area contributed by atoms with E-state index in [4.69, 9.17) is 14.2 Å². The number of rotatable bonds is 5. The van der Waals surface area contributed by atoms with Gasteiger partial charge in [0, 0.05) is 46.3 Å². The zero-order chi connectivity index (χ0) is 22.3. The third-order valence-electron chi connectivity index (χ3n) is 6.26. The SMILES string of the molecule is CC(=O)O[C@H]1[C@@H](OC(=O)c2cccn2C)[C@H]2C[C@H](OC(=O)c3cccn3C)C[C@@H]1N2C. The molecule has 0 spiro atoms. The molecule has 2 aliphatic heterocycles. The highest BCUT2D eigenvalue weighted by Crippen LogP contribution is 2.40. The van der Waals surface area contributed by atoms with Crippen LogP contribution in [0.3, 0.4) is 0 Å². The van der Waals surface area contributed by atoms with Crippen molar-refractivity contribution in [1.29, 1.82) is 0 Å². The maximum atomic E-state index is 12.8. The van der Waals surface area contributed by atoms with Gasteiger partial charge in [0.2, 0.25) is 0 Å². The maximum Gasteiger partial charge on any atom is 0.355 e. The molecule has 2 saturated heterocycles. The van der Waals surface area contributed by atoms with Gasteiger partial charge >= 0.3 is 17.9 Å². The molecule has 0 amide bonds. The minimum atomic E-state index is -0.653. The molecule has 4 heterocycles. The average molecular weight is 429 g/mol. The van der Waals surface area contributed by atoms with Gasteiger partial charge in [-0.1, -0.05) is 0 Å². The van der Waals surface area contributed by atoms with Crippen LogP contribution in [0.25, 0.3) is 0 Å². The van der Waals surface area contributed by atoms with Crippen molar-refractivity contribution in [2.75, 3.05) is 7.05 Å². The van der Waals surface area contributed by atoms with Gasteiger partial charge in [-0.05, 0) is 31.3 Å². The van der Waals surface area contributed by atoms with E-state index in [1.165, 1.54) is 6.92 Å². The normalized spacial score (nSPS) is 27.7. The molecule has 2 bridgehead atoms. The fraction of sp³-hybridized carbons (Fsp3) is 0.500. The van der Waals surface area contributed by atoms with Gasteiger partial charge in [-0.25, -0.2) is 9.59 Å². The van der Waals surface area contributed by atoms with E-state index in [1.54, 1.807) is 59.9 Å². The van der Waals surface area contributed by atoms with Gasteiger partial charge in [0.1, 0.15) is 17.5 Å². The topological polar surface area (TPSA) is 92.0 Å². The van der Waals surface area contributed by atoms with Crippen LogP contribution in [0.1, 0.15) is 40.7 Å². The number of hydrogen-bond donors (Lipinski definition) is 0. The van der Waals surface area contributed by atoms with Gasteiger partial charge < -0.3 is 23.3 Å². The Bertz CT molecular complexity index is 995. The van der Waals surface area contributed by atoms with Gasteiger partial charge in [-0.3, -0.25) is 9.69 Å². The monoisotopic (exact) mass is 429 g/mol. The van der Waals surface area contributed by atoms with E-state index in [9.17, 15) is 14.4 Å². The lowest BCUT2D eigenvalue weighted by molar-refractivity contribution is -0.152. The molecule has 0 radical (unpaired) electrons. The number of esters is 3. The van der Waals surface area contributed by atoms with Crippen LogP contribution < -0.4 is 0 Å². The zero-order valence-electron chi connectivity index (χ0n) is 18.1. The number of piperidine rings is 1. The molecule has 31 heavy (non-hydrogen) atoms. The van der Waals surface area contributed by atoms with Crippen molar-refractivity contribution in [3.05, 3.63) is 48.0 Å². The van der Waals surface area contributed by atoms with E-state index < -0.39 is 30.1 Å². The third-order valence-corrected chi connectivity index (χ3v) is 6.26. The molecule has 9 heteroatoms. The molecule has 2 aromatic heterocycles. The molecule has 0 aromatic carbocycles. The smallest absolute Gasteiger partial charge is 0.355 e. The predicted molar refractivity (Wildman–Crippen MR) is 109 cm³/mol. The second-order valence-corrected chi connectivity index (χ2v) is 8.25. The van der Waals surface area contributed by atoms with Gasteiger partial charge in [-0.2, -0.15) is 0 Å². The Labute approximate surface area is 180 Å². The highest BCUT2D eigenvalue weighted by atomic mass is 16.6. The number of carbonyl (C=O) groups excluding carboxylic acids is 3. The van der Waals surface area contributed by atoms with Crippen LogP contribution in [0.5, 0.6) is 0 Å². The Morgan fingerprint density at radius 2 is 1.29 bits per heavy atom. The molecule has 2 fully saturated rings. The number of aromatic nitrogens is 2. The van der Waals surface area contributed by atoms with Crippen molar-refractivity contribution in [2.24, 2.45) is 14.1 Å². The van der Waals surface area contributed by atoms with E-state index in [2.05, 4.69) is 4.90 Å². The molecule has 0 saturated carbocycles. The van der Waals surface area contributed by atoms with Crippen molar-refractivity contribution in [3.8, 4) is 0 Å².